The van der Waals surface area contributed by atoms with Gasteiger partial charge < -0.3 is 128 Å². The predicted octanol–water partition coefficient (Wildman–Crippen LogP) is 1.68. The minimum absolute atomic E-state index is 0.0507. The molecule has 0 radical (unpaired) electrons. The largest absolute Gasteiger partial charge is 0.510 e. The number of carbonyl (C=O) groups excluding carboxylic acids is 5. The second-order valence-electron chi connectivity index (χ2n) is 21.7. The van der Waals surface area contributed by atoms with Crippen LogP contribution >= 0.6 is 0 Å². The Morgan fingerprint density at radius 2 is 0.735 bits per heavy atom. The van der Waals surface area contributed by atoms with Gasteiger partial charge in [-0.2, -0.15) is 0 Å². The van der Waals surface area contributed by atoms with Gasteiger partial charge in [0.05, 0.1) is 285 Å². The van der Waals surface area contributed by atoms with Crippen molar-refractivity contribution in [2.75, 3.05) is 316 Å². The van der Waals surface area contributed by atoms with Gasteiger partial charge >= 0.3 is 6.16 Å². The Hall–Kier alpha value is -4.31. The summed E-state index contributed by atoms with van der Waals surface area (Å²) in [6.45, 7) is 20.0. The third-order valence-corrected chi connectivity index (χ3v) is 14.6. The van der Waals surface area contributed by atoms with Gasteiger partial charge in [-0.3, -0.25) is 14.4 Å². The highest BCUT2D eigenvalue weighted by Crippen LogP contribution is 2.33. The Morgan fingerprint density at radius 3 is 1.03 bits per heavy atom. The molecule has 2 unspecified atom stereocenters. The zero-order chi connectivity index (χ0) is 69.7. The van der Waals surface area contributed by atoms with Crippen molar-refractivity contribution >= 4 is 35.9 Å². The summed E-state index contributed by atoms with van der Waals surface area (Å²) in [5.74, 6) is -1.51. The molecule has 2 saturated heterocycles. The van der Waals surface area contributed by atoms with Crippen molar-refractivity contribution in [3.8, 4) is 0 Å². The third-order valence-electron chi connectivity index (χ3n) is 14.6. The molecule has 3 aliphatic heterocycles. The Bertz CT molecular complexity index is 2120. The van der Waals surface area contributed by atoms with Gasteiger partial charge in [-0.05, 0) is 43.0 Å². The summed E-state index contributed by atoms with van der Waals surface area (Å²) in [5.41, 5.74) is 2.20. The molecule has 0 spiro atoms. The fourth-order valence-corrected chi connectivity index (χ4v) is 9.50. The number of imide groups is 1. The van der Waals surface area contributed by atoms with E-state index >= 15 is 0 Å². The monoisotopic (exact) mass is 1410 g/mol. The number of nitrogens with zero attached hydrogens (tertiary/aromatic N) is 3. The summed E-state index contributed by atoms with van der Waals surface area (Å²) in [4.78, 5) is 68.7. The van der Waals surface area contributed by atoms with Crippen molar-refractivity contribution in [3.63, 3.8) is 0 Å². The van der Waals surface area contributed by atoms with E-state index in [0.717, 1.165) is 55.5 Å². The highest BCUT2D eigenvalue weighted by atomic mass is 16.7. The Labute approximate surface area is 577 Å². The molecule has 0 aromatic heterocycles. The van der Waals surface area contributed by atoms with Crippen LogP contribution in [0.25, 0.3) is 0 Å². The molecular formula is C66H113N3O29. The number of ether oxygens (including phenoxy) is 24. The number of hydrogen-bond acceptors (Lipinski definition) is 30. The van der Waals surface area contributed by atoms with E-state index < -0.39 is 30.2 Å². The van der Waals surface area contributed by atoms with E-state index in [1.54, 1.807) is 13.2 Å². The van der Waals surface area contributed by atoms with Crippen LogP contribution in [-0.2, 0) is 135 Å². The fourth-order valence-electron chi connectivity index (χ4n) is 9.50. The molecule has 3 aliphatic rings. The minimum atomic E-state index is -1.43. The number of carbonyl (C=O) groups is 5. The molecular weight excluding hydrogens is 1300 g/mol. The topological polar surface area (TPSA) is 317 Å². The first-order valence-electron chi connectivity index (χ1n) is 34.2. The molecule has 3 amide bonds. The van der Waals surface area contributed by atoms with Crippen LogP contribution in [0.5, 0.6) is 0 Å². The van der Waals surface area contributed by atoms with Gasteiger partial charge in [-0.25, -0.2) is 9.69 Å². The molecule has 1 aromatic carbocycles. The van der Waals surface area contributed by atoms with Gasteiger partial charge in [0, 0.05) is 50.3 Å². The Balaban J connectivity index is 0.783. The molecule has 2 atom stereocenters. The lowest BCUT2D eigenvalue weighted by molar-refractivity contribution is -0.170. The molecule has 32 heteroatoms. The van der Waals surface area contributed by atoms with Gasteiger partial charge in [0.15, 0.2) is 0 Å². The van der Waals surface area contributed by atoms with Crippen molar-refractivity contribution in [2.24, 2.45) is 5.92 Å². The average molecular weight is 1410 g/mol. The van der Waals surface area contributed by atoms with Gasteiger partial charge in [-0.1, -0.05) is 0 Å². The summed E-state index contributed by atoms with van der Waals surface area (Å²) < 4.78 is 131. The second kappa shape index (κ2) is 61.4. The summed E-state index contributed by atoms with van der Waals surface area (Å²) in [5, 5.41) is 0. The summed E-state index contributed by atoms with van der Waals surface area (Å²) >= 11 is 0. The zero-order valence-corrected chi connectivity index (χ0v) is 58.1. The average Bonchev–Trinajstić information content (AvgIpc) is 1.55. The van der Waals surface area contributed by atoms with Crippen LogP contribution in [0.3, 0.4) is 0 Å². The van der Waals surface area contributed by atoms with E-state index in [-0.39, 0.29) is 57.6 Å². The molecule has 3 heterocycles. The maximum atomic E-state index is 14.0. The van der Waals surface area contributed by atoms with Crippen LogP contribution in [0.4, 0.5) is 10.5 Å². The number of likely N-dealkylation sites (tertiary alicyclic amines) is 1. The maximum absolute atomic E-state index is 14.0. The molecule has 98 heavy (non-hydrogen) atoms. The highest BCUT2D eigenvalue weighted by Gasteiger charge is 2.46. The van der Waals surface area contributed by atoms with Gasteiger partial charge in [0.2, 0.25) is 12.1 Å². The molecule has 0 N–H and O–H groups in total. The number of fused-ring (bicyclic) bond motifs is 1. The van der Waals surface area contributed by atoms with Crippen LogP contribution in [0.15, 0.2) is 18.2 Å². The Kier molecular flexibility index (Phi) is 53.9. The van der Waals surface area contributed by atoms with E-state index in [1.165, 1.54) is 4.90 Å². The molecule has 2 fully saturated rings. The minimum Gasteiger partial charge on any atom is -0.438 e. The van der Waals surface area contributed by atoms with Gasteiger partial charge in [0.25, 0.3) is 11.8 Å². The van der Waals surface area contributed by atoms with Crippen molar-refractivity contribution in [2.45, 2.75) is 44.5 Å². The van der Waals surface area contributed by atoms with Gasteiger partial charge in [-0.15, -0.1) is 0 Å². The van der Waals surface area contributed by atoms with E-state index in [2.05, 4.69) is 9.64 Å². The summed E-state index contributed by atoms with van der Waals surface area (Å²) in [6, 6.07) is 4.63. The first kappa shape index (κ1) is 86.1. The number of anilines is 1. The van der Waals surface area contributed by atoms with Crippen molar-refractivity contribution in [1.82, 2.24) is 9.80 Å². The third kappa shape index (κ3) is 42.2. The molecule has 1 aromatic rings. The maximum Gasteiger partial charge on any atom is 0.510 e. The number of aldehydes is 1. The van der Waals surface area contributed by atoms with E-state index in [1.807, 2.05) is 12.1 Å². The zero-order valence-electron chi connectivity index (χ0n) is 58.1. The lowest BCUT2D eigenvalue weighted by Gasteiger charge is -2.38. The fraction of sp³-hybridized carbons (Fsp3) is 0.833. The van der Waals surface area contributed by atoms with Crippen molar-refractivity contribution in [1.29, 1.82) is 0 Å². The van der Waals surface area contributed by atoms with Crippen LogP contribution in [0.1, 0.15) is 41.6 Å². The van der Waals surface area contributed by atoms with Gasteiger partial charge in [0.1, 0.15) is 18.9 Å². The van der Waals surface area contributed by atoms with Crippen LogP contribution in [0.2, 0.25) is 0 Å². The first-order chi connectivity index (χ1) is 48.4. The molecule has 0 saturated carbocycles. The first-order valence-corrected chi connectivity index (χ1v) is 34.2. The number of benzene rings is 1. The SMILES string of the molecule is COCCOCCOCCOCCOCCOCCOCCOCCOCCOCCOCCOCCOCCOCCOCCOCCOCCOCCOCCOCCOCCOCC(OC(=O)OC)N1C(=O)CCC(N2Cc3cc(N4CCC(C=O)CC4)ccc3C2=O)C1=O. The molecule has 4 rings (SSSR count). The number of methoxy groups -OCH3 is 2. The van der Waals surface area contributed by atoms with E-state index in [4.69, 9.17) is 109 Å². The molecule has 0 bridgehead atoms. The Morgan fingerprint density at radius 1 is 0.429 bits per heavy atom. The number of piperidine rings is 2. The summed E-state index contributed by atoms with van der Waals surface area (Å²) in [7, 11) is 2.75. The lowest BCUT2D eigenvalue weighted by atomic mass is 9.97. The predicted molar refractivity (Wildman–Crippen MR) is 349 cm³/mol. The quantitative estimate of drug-likeness (QED) is 0.0388. The van der Waals surface area contributed by atoms with Crippen LogP contribution in [0, 0.1) is 5.92 Å². The smallest absolute Gasteiger partial charge is 0.438 e. The lowest BCUT2D eigenvalue weighted by Crippen LogP contribution is -2.59. The summed E-state index contributed by atoms with van der Waals surface area (Å²) in [6.07, 6.45) is 0.0548. The number of amides is 3. The van der Waals surface area contributed by atoms with E-state index in [9.17, 15) is 24.0 Å². The second-order valence-corrected chi connectivity index (χ2v) is 21.7. The number of hydrogen-bond donors (Lipinski definition) is 0. The normalized spacial score (nSPS) is 15.5. The number of rotatable bonds is 70. The van der Waals surface area contributed by atoms with E-state index in [0.29, 0.717) is 263 Å². The van der Waals surface area contributed by atoms with Crippen molar-refractivity contribution in [3.05, 3.63) is 29.3 Å². The standard InChI is InChI=1S/C66H113N3O29/c1-75-11-12-77-13-14-78-15-16-79-17-18-80-19-20-81-21-22-82-23-24-83-25-26-84-27-28-85-29-30-86-31-32-87-33-34-88-35-36-89-37-38-90-39-40-91-41-42-92-43-44-93-45-46-94-47-48-95-49-50-96-51-52-97-56-63(98-66(74)76-2)69-62(71)6-5-61(65(69)73)68-54-58-53-59(3-4-60(58)64(68)72)67-9-7-57(55-70)8-10-67/h3-4,53,55,57,61,63H,5-52,54,56H2,1-2H3. The molecule has 0 aliphatic carbocycles. The van der Waals surface area contributed by atoms with Crippen LogP contribution in [-0.4, -0.2) is 364 Å². The molecule has 32 nitrogen and oxygen atoms in total. The van der Waals surface area contributed by atoms with Crippen LogP contribution < -0.4 is 4.90 Å². The van der Waals surface area contributed by atoms with Crippen molar-refractivity contribution < 1.29 is 138 Å². The molecule has 566 valence electrons. The highest BCUT2D eigenvalue weighted by molar-refractivity contribution is 6.05.